The van der Waals surface area contributed by atoms with Crippen LogP contribution in [0.3, 0.4) is 0 Å². The van der Waals surface area contributed by atoms with Crippen molar-refractivity contribution in [2.75, 3.05) is 0 Å². The van der Waals surface area contributed by atoms with Crippen molar-refractivity contribution in [3.63, 3.8) is 0 Å². The second-order valence-electron chi connectivity index (χ2n) is 6.39. The number of carbonyl (C=O) groups is 1. The zero-order chi connectivity index (χ0) is 17.1. The van der Waals surface area contributed by atoms with Gasteiger partial charge in [0.25, 0.3) is 0 Å². The van der Waals surface area contributed by atoms with Gasteiger partial charge in [0.15, 0.2) is 5.78 Å². The molecule has 0 N–H and O–H groups in total. The Morgan fingerprint density at radius 2 is 1.76 bits per heavy atom. The number of ether oxygens (including phenoxy) is 1. The SMILES string of the molecule is O=C1c2cc(COc3ccccc3)nn2CCC1Cc1ccccc1. The molecule has 1 aliphatic rings. The van der Waals surface area contributed by atoms with Gasteiger partial charge < -0.3 is 4.74 Å². The number of aromatic nitrogens is 2. The molecule has 0 bridgehead atoms. The average molecular weight is 332 g/mol. The minimum atomic E-state index is 0.0366. The summed E-state index contributed by atoms with van der Waals surface area (Å²) >= 11 is 0. The lowest BCUT2D eigenvalue weighted by Crippen LogP contribution is -2.28. The summed E-state index contributed by atoms with van der Waals surface area (Å²) in [5.41, 5.74) is 2.72. The van der Waals surface area contributed by atoms with Gasteiger partial charge in [-0.3, -0.25) is 9.48 Å². The van der Waals surface area contributed by atoms with Gasteiger partial charge in [-0.15, -0.1) is 0 Å². The lowest BCUT2D eigenvalue weighted by Gasteiger charge is -2.21. The number of nitrogens with zero attached hydrogens (tertiary/aromatic N) is 2. The van der Waals surface area contributed by atoms with Crippen LogP contribution in [0.25, 0.3) is 0 Å². The van der Waals surface area contributed by atoms with Crippen LogP contribution in [0.4, 0.5) is 0 Å². The molecule has 1 atom stereocenters. The highest BCUT2D eigenvalue weighted by Crippen LogP contribution is 2.25. The van der Waals surface area contributed by atoms with Crippen molar-refractivity contribution in [1.29, 1.82) is 0 Å². The molecule has 2 heterocycles. The first-order valence-corrected chi connectivity index (χ1v) is 8.62. The third-order valence-corrected chi connectivity index (χ3v) is 4.60. The van der Waals surface area contributed by atoms with Gasteiger partial charge in [-0.05, 0) is 36.6 Å². The highest BCUT2D eigenvalue weighted by atomic mass is 16.5. The molecule has 0 spiro atoms. The monoisotopic (exact) mass is 332 g/mol. The molecule has 4 nitrogen and oxygen atoms in total. The molecule has 0 saturated carbocycles. The first kappa shape index (κ1) is 15.6. The van der Waals surface area contributed by atoms with E-state index < -0.39 is 0 Å². The molecule has 1 aromatic heterocycles. The Morgan fingerprint density at radius 1 is 1.04 bits per heavy atom. The predicted molar refractivity (Wildman–Crippen MR) is 95.6 cm³/mol. The van der Waals surface area contributed by atoms with Gasteiger partial charge in [0.1, 0.15) is 23.7 Å². The maximum absolute atomic E-state index is 12.8. The normalized spacial score (nSPS) is 16.5. The van der Waals surface area contributed by atoms with Gasteiger partial charge >= 0.3 is 0 Å². The molecule has 4 rings (SSSR count). The van der Waals surface area contributed by atoms with Crippen LogP contribution in [0.2, 0.25) is 0 Å². The van der Waals surface area contributed by atoms with Crippen LogP contribution in [-0.4, -0.2) is 15.6 Å². The molecule has 126 valence electrons. The molecule has 0 radical (unpaired) electrons. The Hall–Kier alpha value is -2.88. The summed E-state index contributed by atoms with van der Waals surface area (Å²) in [7, 11) is 0. The Bertz CT molecular complexity index is 856. The summed E-state index contributed by atoms with van der Waals surface area (Å²) in [5, 5.41) is 4.53. The standard InChI is InChI=1S/C21H20N2O2/c24-21-17(13-16-7-3-1-4-8-16)11-12-23-20(21)14-18(22-23)15-25-19-9-5-2-6-10-19/h1-10,14,17H,11-13,15H2. The number of hydrogen-bond donors (Lipinski definition) is 0. The molecular formula is C21H20N2O2. The number of rotatable bonds is 5. The topological polar surface area (TPSA) is 44.1 Å². The molecule has 0 amide bonds. The molecule has 0 aliphatic carbocycles. The van der Waals surface area contributed by atoms with E-state index in [1.165, 1.54) is 5.56 Å². The van der Waals surface area contributed by atoms with Crippen molar-refractivity contribution in [3.05, 3.63) is 83.7 Å². The highest BCUT2D eigenvalue weighted by Gasteiger charge is 2.29. The molecule has 2 aromatic carbocycles. The van der Waals surface area contributed by atoms with Gasteiger partial charge in [0, 0.05) is 12.5 Å². The molecule has 25 heavy (non-hydrogen) atoms. The molecule has 0 saturated heterocycles. The van der Waals surface area contributed by atoms with Crippen molar-refractivity contribution in [2.45, 2.75) is 26.0 Å². The zero-order valence-corrected chi connectivity index (χ0v) is 14.0. The van der Waals surface area contributed by atoms with Crippen molar-refractivity contribution in [1.82, 2.24) is 9.78 Å². The number of aryl methyl sites for hydroxylation is 1. The number of hydrogen-bond acceptors (Lipinski definition) is 3. The molecular weight excluding hydrogens is 312 g/mol. The first-order valence-electron chi connectivity index (χ1n) is 8.62. The Labute approximate surface area is 147 Å². The van der Waals surface area contributed by atoms with Crippen LogP contribution < -0.4 is 4.74 Å². The Kier molecular flexibility index (Phi) is 4.34. The van der Waals surface area contributed by atoms with Gasteiger partial charge in [0.05, 0.1) is 0 Å². The van der Waals surface area contributed by atoms with Crippen molar-refractivity contribution in [3.8, 4) is 5.75 Å². The van der Waals surface area contributed by atoms with Gasteiger partial charge in [-0.1, -0.05) is 48.5 Å². The van der Waals surface area contributed by atoms with E-state index >= 15 is 0 Å². The van der Waals surface area contributed by atoms with Crippen LogP contribution >= 0.6 is 0 Å². The quantitative estimate of drug-likeness (QED) is 0.711. The van der Waals surface area contributed by atoms with Crippen LogP contribution in [0, 0.1) is 5.92 Å². The van der Waals surface area contributed by atoms with Gasteiger partial charge in [-0.2, -0.15) is 5.10 Å². The maximum atomic E-state index is 12.8. The second-order valence-corrected chi connectivity index (χ2v) is 6.39. The van der Waals surface area contributed by atoms with E-state index in [9.17, 15) is 4.79 Å². The van der Waals surface area contributed by atoms with Crippen molar-refractivity contribution >= 4 is 5.78 Å². The minimum Gasteiger partial charge on any atom is -0.487 e. The number of ketones is 1. The summed E-state index contributed by atoms with van der Waals surface area (Å²) < 4.78 is 7.57. The van der Waals surface area contributed by atoms with E-state index in [1.54, 1.807) is 0 Å². The van der Waals surface area contributed by atoms with E-state index in [4.69, 9.17) is 4.74 Å². The zero-order valence-electron chi connectivity index (χ0n) is 14.0. The van der Waals surface area contributed by atoms with Crippen LogP contribution in [0.1, 0.15) is 28.2 Å². The van der Waals surface area contributed by atoms with Crippen LogP contribution in [0.15, 0.2) is 66.7 Å². The molecule has 3 aromatic rings. The van der Waals surface area contributed by atoms with Crippen molar-refractivity contribution < 1.29 is 9.53 Å². The summed E-state index contributed by atoms with van der Waals surface area (Å²) in [6.45, 7) is 1.16. The second kappa shape index (κ2) is 6.93. The van der Waals surface area contributed by atoms with Crippen molar-refractivity contribution in [2.24, 2.45) is 5.92 Å². The fraction of sp³-hybridized carbons (Fsp3) is 0.238. The van der Waals surface area contributed by atoms with E-state index in [2.05, 4.69) is 17.2 Å². The fourth-order valence-electron chi connectivity index (χ4n) is 3.30. The number of fused-ring (bicyclic) bond motifs is 1. The minimum absolute atomic E-state index is 0.0366. The molecule has 0 fully saturated rings. The largest absolute Gasteiger partial charge is 0.487 e. The predicted octanol–water partition coefficient (Wildman–Crippen LogP) is 3.91. The Morgan fingerprint density at radius 3 is 2.52 bits per heavy atom. The van der Waals surface area contributed by atoms with E-state index in [0.717, 1.165) is 30.8 Å². The molecule has 4 heteroatoms. The fourth-order valence-corrected chi connectivity index (χ4v) is 3.30. The third-order valence-electron chi connectivity index (χ3n) is 4.60. The van der Waals surface area contributed by atoms with E-state index in [1.807, 2.05) is 59.3 Å². The number of carbonyl (C=O) groups excluding carboxylic acids is 1. The highest BCUT2D eigenvalue weighted by molar-refractivity contribution is 5.97. The van der Waals surface area contributed by atoms with Gasteiger partial charge in [-0.25, -0.2) is 0 Å². The Balaban J connectivity index is 1.45. The molecule has 1 unspecified atom stereocenters. The van der Waals surface area contributed by atoms with E-state index in [-0.39, 0.29) is 11.7 Å². The van der Waals surface area contributed by atoms with Gasteiger partial charge in [0.2, 0.25) is 0 Å². The molecule has 1 aliphatic heterocycles. The third kappa shape index (κ3) is 3.48. The summed E-state index contributed by atoms with van der Waals surface area (Å²) in [6.07, 6.45) is 1.63. The number of benzene rings is 2. The summed E-state index contributed by atoms with van der Waals surface area (Å²) in [6, 6.07) is 21.7. The summed E-state index contributed by atoms with van der Waals surface area (Å²) in [4.78, 5) is 12.8. The van der Waals surface area contributed by atoms with Crippen LogP contribution in [0.5, 0.6) is 5.75 Å². The average Bonchev–Trinajstić information content (AvgIpc) is 3.08. The smallest absolute Gasteiger partial charge is 0.184 e. The maximum Gasteiger partial charge on any atom is 0.184 e. The number of para-hydroxylation sites is 1. The lowest BCUT2D eigenvalue weighted by atomic mass is 9.88. The number of Topliss-reactive ketones (excluding diaryl/α,β-unsaturated/α-hetero) is 1. The summed E-state index contributed by atoms with van der Waals surface area (Å²) in [5.74, 6) is 1.03. The van der Waals surface area contributed by atoms with E-state index in [0.29, 0.717) is 12.3 Å². The first-order chi connectivity index (χ1) is 12.3. The van der Waals surface area contributed by atoms with Crippen LogP contribution in [-0.2, 0) is 19.6 Å². The lowest BCUT2D eigenvalue weighted by molar-refractivity contribution is 0.0872.